The van der Waals surface area contributed by atoms with Gasteiger partial charge in [-0.25, -0.2) is 0 Å². The summed E-state index contributed by atoms with van der Waals surface area (Å²) < 4.78 is 2.10. The van der Waals surface area contributed by atoms with E-state index >= 15 is 0 Å². The van der Waals surface area contributed by atoms with Gasteiger partial charge in [0.25, 0.3) is 0 Å². The molecule has 2 rings (SSSR count). The molecule has 0 saturated heterocycles. The van der Waals surface area contributed by atoms with Crippen LogP contribution in [-0.2, 0) is 13.0 Å². The molecule has 0 radical (unpaired) electrons. The van der Waals surface area contributed by atoms with Crippen LogP contribution in [0, 0.1) is 11.8 Å². The van der Waals surface area contributed by atoms with E-state index < -0.39 is 0 Å². The largest absolute Gasteiger partial charge is 0.357 e. The van der Waals surface area contributed by atoms with Crippen molar-refractivity contribution in [1.29, 1.82) is 0 Å². The first-order valence-corrected chi connectivity index (χ1v) is 9.13. The Morgan fingerprint density at radius 3 is 2.87 bits per heavy atom. The standard InChI is InChI=1S/C17H32N6/c1-4-16-22-21-13-23(16)11-10-19-17(18-5-2)20-12-15-9-7-6-8-14(15)3/h13-15H,4-12H2,1-3H3,(H2,18,19,20). The molecule has 1 saturated carbocycles. The highest BCUT2D eigenvalue weighted by Gasteiger charge is 2.20. The number of rotatable bonds is 7. The van der Waals surface area contributed by atoms with E-state index in [4.69, 9.17) is 4.99 Å². The third-order valence-electron chi connectivity index (χ3n) is 4.77. The molecule has 2 N–H and O–H groups in total. The lowest BCUT2D eigenvalue weighted by Crippen LogP contribution is -2.39. The van der Waals surface area contributed by atoms with Crippen LogP contribution in [0.5, 0.6) is 0 Å². The molecular weight excluding hydrogens is 288 g/mol. The average Bonchev–Trinajstić information content (AvgIpc) is 3.01. The molecule has 6 nitrogen and oxygen atoms in total. The number of nitrogens with one attached hydrogen (secondary N) is 2. The minimum atomic E-state index is 0.740. The minimum Gasteiger partial charge on any atom is -0.357 e. The zero-order valence-corrected chi connectivity index (χ0v) is 14.9. The molecule has 6 heteroatoms. The quantitative estimate of drug-likeness (QED) is 0.597. The Balaban J connectivity index is 1.81. The Bertz CT molecular complexity index is 481. The normalized spacial score (nSPS) is 22.1. The van der Waals surface area contributed by atoms with Gasteiger partial charge in [0.15, 0.2) is 5.96 Å². The van der Waals surface area contributed by atoms with E-state index in [0.717, 1.165) is 56.2 Å². The van der Waals surface area contributed by atoms with Gasteiger partial charge in [-0.05, 0) is 25.2 Å². The summed E-state index contributed by atoms with van der Waals surface area (Å²) in [5.41, 5.74) is 0. The van der Waals surface area contributed by atoms with Crippen LogP contribution in [0.15, 0.2) is 11.3 Å². The van der Waals surface area contributed by atoms with Gasteiger partial charge in [0, 0.05) is 32.6 Å². The summed E-state index contributed by atoms with van der Waals surface area (Å²) in [5.74, 6) is 3.50. The first kappa shape index (κ1) is 17.8. The van der Waals surface area contributed by atoms with E-state index in [1.54, 1.807) is 6.33 Å². The molecule has 1 aromatic heterocycles. The van der Waals surface area contributed by atoms with Gasteiger partial charge >= 0.3 is 0 Å². The lowest BCUT2D eigenvalue weighted by molar-refractivity contribution is 0.263. The van der Waals surface area contributed by atoms with Gasteiger partial charge in [0.05, 0.1) is 0 Å². The number of hydrogen-bond acceptors (Lipinski definition) is 3. The van der Waals surface area contributed by atoms with Crippen LogP contribution >= 0.6 is 0 Å². The first-order valence-electron chi connectivity index (χ1n) is 9.13. The first-order chi connectivity index (χ1) is 11.2. The van der Waals surface area contributed by atoms with Crippen LogP contribution in [0.1, 0.15) is 52.3 Å². The molecule has 2 atom stereocenters. The predicted molar refractivity (Wildman–Crippen MR) is 94.5 cm³/mol. The molecule has 1 fully saturated rings. The summed E-state index contributed by atoms with van der Waals surface area (Å²) in [7, 11) is 0. The second-order valence-corrected chi connectivity index (χ2v) is 6.46. The number of hydrogen-bond donors (Lipinski definition) is 2. The molecule has 23 heavy (non-hydrogen) atoms. The van der Waals surface area contributed by atoms with Crippen molar-refractivity contribution < 1.29 is 0 Å². The van der Waals surface area contributed by atoms with E-state index in [0.29, 0.717) is 0 Å². The van der Waals surface area contributed by atoms with Gasteiger partial charge in [-0.15, -0.1) is 10.2 Å². The Morgan fingerprint density at radius 1 is 1.30 bits per heavy atom. The van der Waals surface area contributed by atoms with Crippen molar-refractivity contribution in [2.24, 2.45) is 16.8 Å². The number of aliphatic imine (C=N–C) groups is 1. The average molecular weight is 320 g/mol. The predicted octanol–water partition coefficient (Wildman–Crippen LogP) is 2.22. The molecule has 130 valence electrons. The highest BCUT2D eigenvalue weighted by Crippen LogP contribution is 2.29. The molecule has 1 aliphatic rings. The second kappa shape index (κ2) is 9.53. The SMILES string of the molecule is CCNC(=NCC1CCCCC1C)NCCn1cnnc1CC. The molecule has 1 heterocycles. The maximum absolute atomic E-state index is 4.80. The van der Waals surface area contributed by atoms with Crippen molar-refractivity contribution in [1.82, 2.24) is 25.4 Å². The number of nitrogens with zero attached hydrogens (tertiary/aromatic N) is 4. The van der Waals surface area contributed by atoms with Gasteiger partial charge < -0.3 is 15.2 Å². The van der Waals surface area contributed by atoms with Gasteiger partial charge in [0.1, 0.15) is 12.2 Å². The summed E-state index contributed by atoms with van der Waals surface area (Å²) in [6.07, 6.45) is 8.14. The molecule has 0 aromatic carbocycles. The van der Waals surface area contributed by atoms with E-state index in [1.165, 1.54) is 25.7 Å². The van der Waals surface area contributed by atoms with Crippen LogP contribution in [0.25, 0.3) is 0 Å². The van der Waals surface area contributed by atoms with Gasteiger partial charge in [0.2, 0.25) is 0 Å². The van der Waals surface area contributed by atoms with E-state index in [-0.39, 0.29) is 0 Å². The highest BCUT2D eigenvalue weighted by molar-refractivity contribution is 5.79. The third kappa shape index (κ3) is 5.52. The maximum Gasteiger partial charge on any atom is 0.191 e. The van der Waals surface area contributed by atoms with Crippen LogP contribution in [0.3, 0.4) is 0 Å². The lowest BCUT2D eigenvalue weighted by atomic mass is 9.80. The molecule has 0 spiro atoms. The van der Waals surface area contributed by atoms with Crippen LogP contribution in [0.2, 0.25) is 0 Å². The van der Waals surface area contributed by atoms with E-state index in [1.807, 2.05) is 0 Å². The van der Waals surface area contributed by atoms with Crippen molar-refractivity contribution in [3.63, 3.8) is 0 Å². The topological polar surface area (TPSA) is 67.1 Å². The van der Waals surface area contributed by atoms with Gasteiger partial charge in [-0.1, -0.05) is 33.1 Å². The number of aryl methyl sites for hydroxylation is 1. The molecular formula is C17H32N6. The van der Waals surface area contributed by atoms with E-state index in [2.05, 4.69) is 46.2 Å². The number of guanidine groups is 1. The Labute approximate surface area is 140 Å². The zero-order valence-electron chi connectivity index (χ0n) is 14.9. The van der Waals surface area contributed by atoms with Crippen LogP contribution < -0.4 is 10.6 Å². The van der Waals surface area contributed by atoms with Crippen molar-refractivity contribution in [3.05, 3.63) is 12.2 Å². The smallest absolute Gasteiger partial charge is 0.191 e. The zero-order chi connectivity index (χ0) is 16.5. The van der Waals surface area contributed by atoms with Crippen molar-refractivity contribution in [2.45, 2.75) is 59.4 Å². The monoisotopic (exact) mass is 320 g/mol. The number of aromatic nitrogens is 3. The Kier molecular flexibility index (Phi) is 7.36. The molecule has 0 aliphatic heterocycles. The fourth-order valence-electron chi connectivity index (χ4n) is 3.25. The Hall–Kier alpha value is -1.59. The summed E-state index contributed by atoms with van der Waals surface area (Å²) in [6, 6.07) is 0. The summed E-state index contributed by atoms with van der Waals surface area (Å²) in [6.45, 7) is 10.1. The second-order valence-electron chi connectivity index (χ2n) is 6.46. The third-order valence-corrected chi connectivity index (χ3v) is 4.77. The Morgan fingerprint density at radius 2 is 2.13 bits per heavy atom. The molecule has 1 aliphatic carbocycles. The molecule has 2 unspecified atom stereocenters. The molecule has 0 bridgehead atoms. The highest BCUT2D eigenvalue weighted by atomic mass is 15.3. The maximum atomic E-state index is 4.80. The molecule has 1 aromatic rings. The van der Waals surface area contributed by atoms with Crippen molar-refractivity contribution in [3.8, 4) is 0 Å². The van der Waals surface area contributed by atoms with E-state index in [9.17, 15) is 0 Å². The molecule has 0 amide bonds. The van der Waals surface area contributed by atoms with Gasteiger partial charge in [-0.3, -0.25) is 4.99 Å². The minimum absolute atomic E-state index is 0.740. The van der Waals surface area contributed by atoms with Crippen LogP contribution in [-0.4, -0.2) is 40.4 Å². The summed E-state index contributed by atoms with van der Waals surface area (Å²) in [5, 5.41) is 14.9. The van der Waals surface area contributed by atoms with Crippen molar-refractivity contribution >= 4 is 5.96 Å². The fourth-order valence-corrected chi connectivity index (χ4v) is 3.25. The van der Waals surface area contributed by atoms with Gasteiger partial charge in [-0.2, -0.15) is 0 Å². The van der Waals surface area contributed by atoms with Crippen molar-refractivity contribution in [2.75, 3.05) is 19.6 Å². The summed E-state index contributed by atoms with van der Waals surface area (Å²) >= 11 is 0. The fraction of sp³-hybridized carbons (Fsp3) is 0.824. The lowest BCUT2D eigenvalue weighted by Gasteiger charge is -2.27. The summed E-state index contributed by atoms with van der Waals surface area (Å²) in [4.78, 5) is 4.80. The van der Waals surface area contributed by atoms with Crippen LogP contribution in [0.4, 0.5) is 0 Å².